The molecule has 0 radical (unpaired) electrons. The summed E-state index contributed by atoms with van der Waals surface area (Å²) < 4.78 is 50.2. The summed E-state index contributed by atoms with van der Waals surface area (Å²) in [5.41, 5.74) is 1.69. The number of methoxy groups -OCH3 is 1. The molecule has 3 fully saturated rings. The number of piperidine rings is 2. The van der Waals surface area contributed by atoms with Crippen LogP contribution in [0.3, 0.4) is 0 Å². The van der Waals surface area contributed by atoms with Crippen LogP contribution in [0.2, 0.25) is 0 Å². The zero-order valence-corrected chi connectivity index (χ0v) is 32.6. The summed E-state index contributed by atoms with van der Waals surface area (Å²) >= 11 is 0. The van der Waals surface area contributed by atoms with Gasteiger partial charge in [-0.25, -0.2) is 9.78 Å². The van der Waals surface area contributed by atoms with Crippen molar-refractivity contribution in [1.29, 1.82) is 0 Å². The Balaban J connectivity index is 0.866. The number of anilines is 2. The number of ether oxygens (including phenoxy) is 1. The summed E-state index contributed by atoms with van der Waals surface area (Å²) in [6, 6.07) is 12.4. The molecular formula is C41H46F3N9O5. The number of imide groups is 1. The van der Waals surface area contributed by atoms with Crippen LogP contribution in [0, 0.1) is 5.92 Å². The number of imidazole rings is 1. The smallest absolute Gasteiger partial charge is 0.433 e. The molecule has 8 rings (SSSR count). The minimum atomic E-state index is -4.67. The number of amides is 3. The molecule has 14 nitrogen and oxygen atoms in total. The molecular weight excluding hydrogens is 756 g/mol. The van der Waals surface area contributed by atoms with Crippen molar-refractivity contribution in [3.8, 4) is 5.75 Å². The maximum Gasteiger partial charge on any atom is 0.433 e. The Hall–Kier alpha value is -5.71. The van der Waals surface area contributed by atoms with Crippen molar-refractivity contribution >= 4 is 51.0 Å². The number of hydrogen-bond acceptors (Lipinski definition) is 9. The normalized spacial score (nSPS) is 20.9. The number of aryl methyl sites for hydroxylation is 1. The van der Waals surface area contributed by atoms with Gasteiger partial charge in [0.1, 0.15) is 23.2 Å². The second-order valence-corrected chi connectivity index (χ2v) is 15.7. The quantitative estimate of drug-likeness (QED) is 0.180. The molecule has 3 amide bonds. The number of aromatic nitrogens is 5. The van der Waals surface area contributed by atoms with Crippen LogP contribution < -0.4 is 26.0 Å². The number of para-hydroxylation sites is 1. The van der Waals surface area contributed by atoms with Crippen molar-refractivity contribution in [3.05, 3.63) is 76.6 Å². The largest absolute Gasteiger partial charge is 0.494 e. The number of nitrogens with zero attached hydrogens (tertiary/aromatic N) is 7. The first-order valence-electron chi connectivity index (χ1n) is 19.7. The predicted molar refractivity (Wildman–Crippen MR) is 211 cm³/mol. The van der Waals surface area contributed by atoms with Crippen molar-refractivity contribution < 1.29 is 32.3 Å². The van der Waals surface area contributed by atoms with Gasteiger partial charge in [-0.15, -0.1) is 0 Å². The average Bonchev–Trinajstić information content (AvgIpc) is 3.74. The molecule has 0 bridgehead atoms. The number of hydrogen-bond donors (Lipinski definition) is 2. The molecule has 2 N–H and O–H groups in total. The minimum Gasteiger partial charge on any atom is -0.494 e. The lowest BCUT2D eigenvalue weighted by Gasteiger charge is -2.40. The Bertz CT molecular complexity index is 2440. The molecule has 5 aromatic rings. The maximum absolute atomic E-state index is 13.4. The summed E-state index contributed by atoms with van der Waals surface area (Å²) in [6.07, 6.45) is 3.77. The molecule has 2 saturated heterocycles. The van der Waals surface area contributed by atoms with Crippen LogP contribution in [0.4, 0.5) is 24.5 Å². The lowest BCUT2D eigenvalue weighted by atomic mass is 9.85. The molecule has 3 aromatic heterocycles. The molecule has 1 aliphatic carbocycles. The van der Waals surface area contributed by atoms with Crippen LogP contribution in [-0.4, -0.2) is 86.4 Å². The van der Waals surface area contributed by atoms with E-state index in [1.165, 1.54) is 17.7 Å². The summed E-state index contributed by atoms with van der Waals surface area (Å²) in [7, 11) is 5.40. The molecule has 1 saturated carbocycles. The van der Waals surface area contributed by atoms with Gasteiger partial charge in [0.25, 0.3) is 5.91 Å². The summed E-state index contributed by atoms with van der Waals surface area (Å²) in [4.78, 5) is 59.2. The van der Waals surface area contributed by atoms with Gasteiger partial charge < -0.3 is 19.9 Å². The predicted octanol–water partition coefficient (Wildman–Crippen LogP) is 5.67. The molecule has 3 aliphatic rings. The van der Waals surface area contributed by atoms with E-state index in [-0.39, 0.29) is 29.8 Å². The minimum absolute atomic E-state index is 0.197. The molecule has 5 heterocycles. The Morgan fingerprint density at radius 3 is 2.45 bits per heavy atom. The van der Waals surface area contributed by atoms with Crippen LogP contribution in [0.25, 0.3) is 21.9 Å². The maximum atomic E-state index is 13.4. The van der Waals surface area contributed by atoms with Crippen LogP contribution in [-0.2, 0) is 22.8 Å². The molecule has 58 heavy (non-hydrogen) atoms. The van der Waals surface area contributed by atoms with E-state index in [1.54, 1.807) is 23.7 Å². The van der Waals surface area contributed by atoms with Gasteiger partial charge in [0, 0.05) is 56.8 Å². The average molecular weight is 802 g/mol. The second-order valence-electron chi connectivity index (χ2n) is 15.7. The van der Waals surface area contributed by atoms with Crippen molar-refractivity contribution in [2.24, 2.45) is 13.0 Å². The van der Waals surface area contributed by atoms with Crippen molar-refractivity contribution in [3.63, 3.8) is 0 Å². The fourth-order valence-electron chi connectivity index (χ4n) is 9.03. The number of rotatable bonds is 9. The van der Waals surface area contributed by atoms with E-state index in [1.807, 2.05) is 29.1 Å². The molecule has 17 heteroatoms. The van der Waals surface area contributed by atoms with Crippen molar-refractivity contribution in [1.82, 2.24) is 34.1 Å². The number of pyridine rings is 1. The third-order valence-electron chi connectivity index (χ3n) is 12.1. The number of benzene rings is 2. The molecule has 2 aliphatic heterocycles. The van der Waals surface area contributed by atoms with Gasteiger partial charge in [-0.2, -0.15) is 18.3 Å². The van der Waals surface area contributed by atoms with E-state index in [0.717, 1.165) is 86.9 Å². The van der Waals surface area contributed by atoms with Crippen LogP contribution >= 0.6 is 0 Å². The van der Waals surface area contributed by atoms with Crippen LogP contribution in [0.1, 0.15) is 79.6 Å². The summed E-state index contributed by atoms with van der Waals surface area (Å²) in [5.74, 6) is -0.655. The van der Waals surface area contributed by atoms with Gasteiger partial charge >= 0.3 is 11.9 Å². The highest BCUT2D eigenvalue weighted by atomic mass is 19.4. The van der Waals surface area contributed by atoms with Crippen molar-refractivity contribution in [2.45, 2.75) is 75.7 Å². The third kappa shape index (κ3) is 7.54. The number of fused-ring (bicyclic) bond motifs is 2. The SMILES string of the molecule is COc1cc2nn([C@H]3CC[C@H](CN(C)C4CCN(c5cccc6c5n(C)c(=O)n6[C@@H]5CCC(=O)NC5=O)CC4)CC3)cc2cc1NC(=O)c1cccc(C(F)(F)F)n1. The van der Waals surface area contributed by atoms with E-state index >= 15 is 0 Å². The molecule has 2 aromatic carbocycles. The number of alkyl halides is 3. The van der Waals surface area contributed by atoms with Crippen molar-refractivity contribution in [2.75, 3.05) is 44.0 Å². The van der Waals surface area contributed by atoms with Gasteiger partial charge in [-0.1, -0.05) is 12.1 Å². The van der Waals surface area contributed by atoms with E-state index in [4.69, 9.17) is 9.84 Å². The fraction of sp³-hybridized carbons (Fsp3) is 0.463. The Morgan fingerprint density at radius 1 is 1.00 bits per heavy atom. The zero-order valence-electron chi connectivity index (χ0n) is 32.6. The lowest BCUT2D eigenvalue weighted by Crippen LogP contribution is -2.45. The van der Waals surface area contributed by atoms with E-state index in [9.17, 15) is 32.3 Å². The van der Waals surface area contributed by atoms with Gasteiger partial charge in [0.15, 0.2) is 0 Å². The summed E-state index contributed by atoms with van der Waals surface area (Å²) in [6.45, 7) is 2.67. The zero-order chi connectivity index (χ0) is 40.9. The molecule has 306 valence electrons. The topological polar surface area (TPSA) is 149 Å². The van der Waals surface area contributed by atoms with Crippen LogP contribution in [0.15, 0.2) is 59.5 Å². The highest BCUT2D eigenvalue weighted by Gasteiger charge is 2.35. The van der Waals surface area contributed by atoms with Gasteiger partial charge in [0.05, 0.1) is 41.1 Å². The first-order chi connectivity index (χ1) is 27.8. The molecule has 0 spiro atoms. The van der Waals surface area contributed by atoms with Gasteiger partial charge in [-0.3, -0.25) is 33.5 Å². The van der Waals surface area contributed by atoms with E-state index in [2.05, 4.69) is 32.5 Å². The Kier molecular flexibility index (Phi) is 10.5. The first-order valence-corrected chi connectivity index (χ1v) is 19.7. The second kappa shape index (κ2) is 15.6. The van der Waals surface area contributed by atoms with Gasteiger partial charge in [0.2, 0.25) is 11.8 Å². The van der Waals surface area contributed by atoms with Crippen LogP contribution in [0.5, 0.6) is 5.75 Å². The lowest BCUT2D eigenvalue weighted by molar-refractivity contribution is -0.141. The Morgan fingerprint density at radius 2 is 1.74 bits per heavy atom. The number of carbonyl (C=O) groups is 3. The summed E-state index contributed by atoms with van der Waals surface area (Å²) in [5, 5.41) is 10.6. The highest BCUT2D eigenvalue weighted by Crippen LogP contribution is 2.37. The monoisotopic (exact) mass is 801 g/mol. The third-order valence-corrected chi connectivity index (χ3v) is 12.1. The first kappa shape index (κ1) is 39.1. The number of nitrogens with one attached hydrogen (secondary N) is 2. The van der Waals surface area contributed by atoms with E-state index in [0.29, 0.717) is 40.9 Å². The standard InChI is InChI=1S/C41H46F3N9O5/c1-49(26-16-18-51(19-17-26)31-7-5-8-32-37(31)50(2)40(57)53(32)33-14-15-36(54)47-39(33)56)22-24-10-12-27(13-11-24)52-23-25-20-30(34(58-3)21-29(25)48-52)46-38(55)28-6-4-9-35(45-28)41(42,43)44/h4-9,20-21,23-24,26-27,33H,10-19,22H2,1-3H3,(H,46,55)(H,47,54,56)/t24-,27-,33-/m1/s1. The Labute approximate surface area is 331 Å². The number of halogens is 3. The number of carbonyl (C=O) groups excluding carboxylic acids is 3. The van der Waals surface area contributed by atoms with E-state index < -0.39 is 29.7 Å². The van der Waals surface area contributed by atoms with Gasteiger partial charge in [-0.05, 0) is 88.2 Å². The highest BCUT2D eigenvalue weighted by molar-refractivity contribution is 6.05. The fourth-order valence-corrected chi connectivity index (χ4v) is 9.03. The molecule has 1 atom stereocenters. The molecule has 0 unspecified atom stereocenters.